The van der Waals surface area contributed by atoms with Crippen LogP contribution in [0.15, 0.2) is 18.2 Å². The van der Waals surface area contributed by atoms with Crippen molar-refractivity contribution in [3.63, 3.8) is 0 Å². The first kappa shape index (κ1) is 15.1. The second-order valence-corrected chi connectivity index (χ2v) is 5.54. The summed E-state index contributed by atoms with van der Waals surface area (Å²) in [6, 6.07) is 5.24. The zero-order valence-corrected chi connectivity index (χ0v) is 12.3. The van der Waals surface area contributed by atoms with Gasteiger partial charge in [0.1, 0.15) is 11.5 Å². The molecule has 3 N–H and O–H groups in total. The standard InChI is InChI=1S/C16H26N2O2/c1-2-3-4-5-15(18-10-8-17-9-11-18)14-7-6-13(19)12-16(14)20/h6-7,12,15,17,19-20H,2-5,8-11H2,1H3/t15-/m0/s1. The lowest BCUT2D eigenvalue weighted by Gasteiger charge is -2.35. The smallest absolute Gasteiger partial charge is 0.124 e. The fourth-order valence-corrected chi connectivity index (χ4v) is 2.93. The van der Waals surface area contributed by atoms with Crippen molar-refractivity contribution in [2.45, 2.75) is 38.6 Å². The molecule has 4 nitrogen and oxygen atoms in total. The molecule has 20 heavy (non-hydrogen) atoms. The van der Waals surface area contributed by atoms with Crippen molar-refractivity contribution in [2.75, 3.05) is 26.2 Å². The molecule has 4 heteroatoms. The van der Waals surface area contributed by atoms with Crippen molar-refractivity contribution in [2.24, 2.45) is 0 Å². The van der Waals surface area contributed by atoms with Crippen LogP contribution in [0.5, 0.6) is 11.5 Å². The minimum Gasteiger partial charge on any atom is -0.508 e. The first-order valence-electron chi connectivity index (χ1n) is 7.69. The summed E-state index contributed by atoms with van der Waals surface area (Å²) >= 11 is 0. The maximum atomic E-state index is 10.1. The number of piperazine rings is 1. The first-order chi connectivity index (χ1) is 9.72. The van der Waals surface area contributed by atoms with E-state index in [4.69, 9.17) is 0 Å². The molecule has 1 fully saturated rings. The highest BCUT2D eigenvalue weighted by molar-refractivity contribution is 5.40. The maximum absolute atomic E-state index is 10.1. The SMILES string of the molecule is CCCCC[C@@H](c1ccc(O)cc1O)N1CCNCC1. The molecular weight excluding hydrogens is 252 g/mol. The molecule has 112 valence electrons. The van der Waals surface area contributed by atoms with Crippen LogP contribution in [0.1, 0.15) is 44.2 Å². The van der Waals surface area contributed by atoms with E-state index >= 15 is 0 Å². The molecule has 1 atom stereocenters. The zero-order valence-electron chi connectivity index (χ0n) is 12.3. The minimum atomic E-state index is 0.124. The maximum Gasteiger partial charge on any atom is 0.124 e. The molecule has 0 radical (unpaired) electrons. The average Bonchev–Trinajstić information content (AvgIpc) is 2.46. The fourth-order valence-electron chi connectivity index (χ4n) is 2.93. The third kappa shape index (κ3) is 3.87. The molecular formula is C16H26N2O2. The molecule has 1 heterocycles. The summed E-state index contributed by atoms with van der Waals surface area (Å²) in [5, 5.41) is 23.0. The normalized spacial score (nSPS) is 18.1. The van der Waals surface area contributed by atoms with Gasteiger partial charge >= 0.3 is 0 Å². The van der Waals surface area contributed by atoms with Gasteiger partial charge in [-0.3, -0.25) is 4.90 Å². The van der Waals surface area contributed by atoms with Gasteiger partial charge in [0.2, 0.25) is 0 Å². The number of rotatable bonds is 6. The van der Waals surface area contributed by atoms with Crippen LogP contribution >= 0.6 is 0 Å². The molecule has 1 aliphatic rings. The molecule has 0 aliphatic carbocycles. The Bertz CT molecular complexity index is 417. The largest absolute Gasteiger partial charge is 0.508 e. The first-order valence-corrected chi connectivity index (χ1v) is 7.69. The average molecular weight is 278 g/mol. The molecule has 1 aromatic rings. The Balaban J connectivity index is 2.15. The zero-order chi connectivity index (χ0) is 14.4. The van der Waals surface area contributed by atoms with E-state index in [-0.39, 0.29) is 17.5 Å². The van der Waals surface area contributed by atoms with E-state index in [1.54, 1.807) is 6.07 Å². The number of aromatic hydroxyl groups is 2. The summed E-state index contributed by atoms with van der Waals surface area (Å²) in [4.78, 5) is 2.44. The van der Waals surface area contributed by atoms with E-state index in [1.807, 2.05) is 6.07 Å². The molecule has 0 amide bonds. The van der Waals surface area contributed by atoms with Crippen molar-refractivity contribution in [1.82, 2.24) is 10.2 Å². The molecule has 1 saturated heterocycles. The molecule has 2 rings (SSSR count). The molecule has 0 unspecified atom stereocenters. The van der Waals surface area contributed by atoms with Crippen molar-refractivity contribution >= 4 is 0 Å². The van der Waals surface area contributed by atoms with Crippen molar-refractivity contribution in [3.8, 4) is 11.5 Å². The number of benzene rings is 1. The lowest BCUT2D eigenvalue weighted by atomic mass is 9.97. The van der Waals surface area contributed by atoms with Crippen LogP contribution in [0.3, 0.4) is 0 Å². The minimum absolute atomic E-state index is 0.124. The van der Waals surface area contributed by atoms with Gasteiger partial charge in [0.15, 0.2) is 0 Å². The number of hydrogen-bond donors (Lipinski definition) is 3. The van der Waals surface area contributed by atoms with Gasteiger partial charge < -0.3 is 15.5 Å². The summed E-state index contributed by atoms with van der Waals surface area (Å²) in [6.07, 6.45) is 4.66. The van der Waals surface area contributed by atoms with Crippen LogP contribution in [0.25, 0.3) is 0 Å². The van der Waals surface area contributed by atoms with Gasteiger partial charge in [0.25, 0.3) is 0 Å². The Morgan fingerprint density at radius 2 is 1.95 bits per heavy atom. The molecule has 1 aliphatic heterocycles. The van der Waals surface area contributed by atoms with Gasteiger partial charge in [-0.1, -0.05) is 32.3 Å². The summed E-state index contributed by atoms with van der Waals surface area (Å²) in [7, 11) is 0. The van der Waals surface area contributed by atoms with Gasteiger partial charge in [0.05, 0.1) is 0 Å². The Hall–Kier alpha value is -1.26. The van der Waals surface area contributed by atoms with Gasteiger partial charge in [-0.05, 0) is 12.5 Å². The number of unbranched alkanes of at least 4 members (excludes halogenated alkanes) is 2. The van der Waals surface area contributed by atoms with Crippen molar-refractivity contribution < 1.29 is 10.2 Å². The lowest BCUT2D eigenvalue weighted by Crippen LogP contribution is -2.45. The van der Waals surface area contributed by atoms with E-state index in [2.05, 4.69) is 17.1 Å². The Kier molecular flexibility index (Phi) is 5.68. The number of nitrogens with one attached hydrogen (secondary N) is 1. The molecule has 0 aromatic heterocycles. The Morgan fingerprint density at radius 3 is 2.60 bits per heavy atom. The second kappa shape index (κ2) is 7.50. The molecule has 0 spiro atoms. The Labute approximate surface area is 121 Å². The highest BCUT2D eigenvalue weighted by Crippen LogP contribution is 2.34. The van der Waals surface area contributed by atoms with Crippen LogP contribution in [-0.2, 0) is 0 Å². The monoisotopic (exact) mass is 278 g/mol. The van der Waals surface area contributed by atoms with Gasteiger partial charge in [-0.2, -0.15) is 0 Å². The third-order valence-electron chi connectivity index (χ3n) is 4.05. The topological polar surface area (TPSA) is 55.7 Å². The number of phenolic OH excluding ortho intramolecular Hbond substituents is 2. The van der Waals surface area contributed by atoms with Gasteiger partial charge in [-0.15, -0.1) is 0 Å². The van der Waals surface area contributed by atoms with Crippen LogP contribution in [0, 0.1) is 0 Å². The third-order valence-corrected chi connectivity index (χ3v) is 4.05. The van der Waals surface area contributed by atoms with E-state index < -0.39 is 0 Å². The van der Waals surface area contributed by atoms with Crippen LogP contribution < -0.4 is 5.32 Å². The number of phenols is 2. The molecule has 0 bridgehead atoms. The predicted molar refractivity (Wildman–Crippen MR) is 81.1 cm³/mol. The van der Waals surface area contributed by atoms with Crippen molar-refractivity contribution in [1.29, 1.82) is 0 Å². The van der Waals surface area contributed by atoms with E-state index in [0.29, 0.717) is 0 Å². The summed E-state index contributed by atoms with van der Waals surface area (Å²) in [6.45, 7) is 6.23. The summed E-state index contributed by atoms with van der Waals surface area (Å²) in [5.74, 6) is 0.337. The summed E-state index contributed by atoms with van der Waals surface area (Å²) in [5.41, 5.74) is 0.945. The predicted octanol–water partition coefficient (Wildman–Crippen LogP) is 2.62. The Morgan fingerprint density at radius 1 is 1.20 bits per heavy atom. The molecule has 0 saturated carbocycles. The number of nitrogens with zero attached hydrogens (tertiary/aromatic N) is 1. The van der Waals surface area contributed by atoms with E-state index in [0.717, 1.165) is 38.2 Å². The second-order valence-electron chi connectivity index (χ2n) is 5.54. The number of hydrogen-bond acceptors (Lipinski definition) is 4. The fraction of sp³-hybridized carbons (Fsp3) is 0.625. The van der Waals surface area contributed by atoms with E-state index in [1.165, 1.54) is 25.3 Å². The highest BCUT2D eigenvalue weighted by atomic mass is 16.3. The van der Waals surface area contributed by atoms with Crippen LogP contribution in [0.2, 0.25) is 0 Å². The molecule has 1 aromatic carbocycles. The quantitative estimate of drug-likeness (QED) is 0.700. The highest BCUT2D eigenvalue weighted by Gasteiger charge is 2.24. The van der Waals surface area contributed by atoms with Crippen LogP contribution in [0.4, 0.5) is 0 Å². The van der Waals surface area contributed by atoms with Crippen LogP contribution in [-0.4, -0.2) is 41.3 Å². The van der Waals surface area contributed by atoms with Gasteiger partial charge in [0, 0.05) is 43.9 Å². The van der Waals surface area contributed by atoms with E-state index in [9.17, 15) is 10.2 Å². The summed E-state index contributed by atoms with van der Waals surface area (Å²) < 4.78 is 0. The van der Waals surface area contributed by atoms with Crippen molar-refractivity contribution in [3.05, 3.63) is 23.8 Å². The van der Waals surface area contributed by atoms with Gasteiger partial charge in [-0.25, -0.2) is 0 Å². The lowest BCUT2D eigenvalue weighted by molar-refractivity contribution is 0.160.